The molecular weight excluding hydrogens is 268 g/mol. The van der Waals surface area contributed by atoms with E-state index in [2.05, 4.69) is 10.3 Å². The van der Waals surface area contributed by atoms with Gasteiger partial charge < -0.3 is 15.1 Å². The van der Waals surface area contributed by atoms with E-state index in [4.69, 9.17) is 0 Å². The van der Waals surface area contributed by atoms with E-state index in [-0.39, 0.29) is 11.8 Å². The SMILES string of the molecule is CCN(CC)C(=O)CCNc1ccnc(C(=O)N(C)C)c1. The Bertz CT molecular complexity index is 484. The molecule has 0 unspecified atom stereocenters. The minimum absolute atomic E-state index is 0.131. The number of aromatic nitrogens is 1. The number of nitrogens with one attached hydrogen (secondary N) is 1. The van der Waals surface area contributed by atoms with E-state index < -0.39 is 0 Å². The second-order valence-corrected chi connectivity index (χ2v) is 4.87. The van der Waals surface area contributed by atoms with Gasteiger partial charge in [-0.3, -0.25) is 14.6 Å². The summed E-state index contributed by atoms with van der Waals surface area (Å²) >= 11 is 0. The number of carbonyl (C=O) groups excluding carboxylic acids is 2. The van der Waals surface area contributed by atoms with Gasteiger partial charge in [-0.2, -0.15) is 0 Å². The number of hydrogen-bond acceptors (Lipinski definition) is 4. The van der Waals surface area contributed by atoms with Gasteiger partial charge in [0.2, 0.25) is 5.91 Å². The fourth-order valence-corrected chi connectivity index (χ4v) is 1.93. The molecule has 0 saturated carbocycles. The van der Waals surface area contributed by atoms with Crippen molar-refractivity contribution in [2.24, 2.45) is 0 Å². The van der Waals surface area contributed by atoms with Crippen molar-refractivity contribution in [2.75, 3.05) is 39.0 Å². The van der Waals surface area contributed by atoms with Crippen molar-refractivity contribution >= 4 is 17.5 Å². The topological polar surface area (TPSA) is 65.5 Å². The molecule has 0 aliphatic rings. The quantitative estimate of drug-likeness (QED) is 0.826. The maximum absolute atomic E-state index is 11.9. The molecule has 0 aliphatic carbocycles. The van der Waals surface area contributed by atoms with Gasteiger partial charge in [0, 0.05) is 52.0 Å². The molecule has 0 radical (unpaired) electrons. The highest BCUT2D eigenvalue weighted by molar-refractivity contribution is 5.92. The molecule has 21 heavy (non-hydrogen) atoms. The molecule has 0 fully saturated rings. The summed E-state index contributed by atoms with van der Waals surface area (Å²) < 4.78 is 0. The average Bonchev–Trinajstić information content (AvgIpc) is 2.48. The maximum Gasteiger partial charge on any atom is 0.272 e. The maximum atomic E-state index is 11.9. The Morgan fingerprint density at radius 1 is 1.24 bits per heavy atom. The van der Waals surface area contributed by atoms with Crippen LogP contribution >= 0.6 is 0 Å². The lowest BCUT2D eigenvalue weighted by molar-refractivity contribution is -0.130. The Hall–Kier alpha value is -2.11. The summed E-state index contributed by atoms with van der Waals surface area (Å²) in [6, 6.07) is 3.48. The molecular formula is C15H24N4O2. The summed E-state index contributed by atoms with van der Waals surface area (Å²) in [7, 11) is 3.37. The summed E-state index contributed by atoms with van der Waals surface area (Å²) in [5, 5.41) is 3.15. The third-order valence-corrected chi connectivity index (χ3v) is 3.17. The summed E-state index contributed by atoms with van der Waals surface area (Å²) in [6.07, 6.45) is 2.02. The number of rotatable bonds is 7. The van der Waals surface area contributed by atoms with Crippen LogP contribution in [0.3, 0.4) is 0 Å². The highest BCUT2D eigenvalue weighted by Gasteiger charge is 2.11. The monoisotopic (exact) mass is 292 g/mol. The third kappa shape index (κ3) is 5.06. The number of pyridine rings is 1. The first-order valence-corrected chi connectivity index (χ1v) is 7.18. The molecule has 1 rings (SSSR count). The number of nitrogens with zero attached hydrogens (tertiary/aromatic N) is 3. The first-order chi connectivity index (χ1) is 9.99. The smallest absolute Gasteiger partial charge is 0.272 e. The molecule has 0 bridgehead atoms. The van der Waals surface area contributed by atoms with Gasteiger partial charge in [-0.1, -0.05) is 0 Å². The molecule has 116 valence electrons. The second-order valence-electron chi connectivity index (χ2n) is 4.87. The molecule has 1 aromatic heterocycles. The van der Waals surface area contributed by atoms with Gasteiger partial charge in [-0.15, -0.1) is 0 Å². The van der Waals surface area contributed by atoms with Gasteiger partial charge in [0.1, 0.15) is 5.69 Å². The van der Waals surface area contributed by atoms with Crippen LogP contribution in [0.25, 0.3) is 0 Å². The average molecular weight is 292 g/mol. The molecule has 1 aromatic rings. The Kier molecular flexibility index (Phi) is 6.65. The molecule has 0 saturated heterocycles. The zero-order valence-electron chi connectivity index (χ0n) is 13.2. The fraction of sp³-hybridized carbons (Fsp3) is 0.533. The number of carbonyl (C=O) groups is 2. The van der Waals surface area contributed by atoms with E-state index in [1.807, 2.05) is 13.8 Å². The first-order valence-electron chi connectivity index (χ1n) is 7.18. The van der Waals surface area contributed by atoms with E-state index in [0.717, 1.165) is 18.8 Å². The van der Waals surface area contributed by atoms with Crippen molar-refractivity contribution in [3.05, 3.63) is 24.0 Å². The molecule has 6 heteroatoms. The Labute approximate surface area is 126 Å². The first kappa shape index (κ1) is 16.9. The van der Waals surface area contributed by atoms with E-state index in [0.29, 0.717) is 18.7 Å². The van der Waals surface area contributed by atoms with E-state index in [1.165, 1.54) is 4.90 Å². The van der Waals surface area contributed by atoms with Gasteiger partial charge in [0.15, 0.2) is 0 Å². The van der Waals surface area contributed by atoms with Crippen LogP contribution in [0.4, 0.5) is 5.69 Å². The lowest BCUT2D eigenvalue weighted by Gasteiger charge is -2.18. The molecule has 0 aliphatic heterocycles. The second kappa shape index (κ2) is 8.24. The van der Waals surface area contributed by atoms with Gasteiger partial charge in [-0.05, 0) is 26.0 Å². The van der Waals surface area contributed by atoms with Crippen molar-refractivity contribution in [2.45, 2.75) is 20.3 Å². The molecule has 0 aromatic carbocycles. The van der Waals surface area contributed by atoms with Crippen molar-refractivity contribution in [3.8, 4) is 0 Å². The molecule has 6 nitrogen and oxygen atoms in total. The van der Waals surface area contributed by atoms with Crippen molar-refractivity contribution < 1.29 is 9.59 Å². The van der Waals surface area contributed by atoms with Crippen molar-refractivity contribution in [1.29, 1.82) is 0 Å². The zero-order chi connectivity index (χ0) is 15.8. The van der Waals surface area contributed by atoms with E-state index in [1.54, 1.807) is 37.3 Å². The third-order valence-electron chi connectivity index (χ3n) is 3.17. The standard InChI is InChI=1S/C15H24N4O2/c1-5-19(6-2)14(20)8-10-16-12-7-9-17-13(11-12)15(21)18(3)4/h7,9,11H,5-6,8,10H2,1-4H3,(H,16,17). The molecule has 1 heterocycles. The summed E-state index contributed by atoms with van der Waals surface area (Å²) in [5.41, 5.74) is 1.18. The molecule has 1 N–H and O–H groups in total. The highest BCUT2D eigenvalue weighted by Crippen LogP contribution is 2.09. The van der Waals surface area contributed by atoms with Gasteiger partial charge in [0.05, 0.1) is 0 Å². The molecule has 0 spiro atoms. The van der Waals surface area contributed by atoms with Crippen LogP contribution < -0.4 is 5.32 Å². The van der Waals surface area contributed by atoms with Gasteiger partial charge >= 0.3 is 0 Å². The van der Waals surface area contributed by atoms with Crippen LogP contribution in [0.2, 0.25) is 0 Å². The lowest BCUT2D eigenvalue weighted by atomic mass is 10.2. The van der Waals surface area contributed by atoms with Gasteiger partial charge in [0.25, 0.3) is 5.91 Å². The van der Waals surface area contributed by atoms with Crippen LogP contribution in [0.5, 0.6) is 0 Å². The van der Waals surface area contributed by atoms with Crippen molar-refractivity contribution in [3.63, 3.8) is 0 Å². The summed E-state index contributed by atoms with van der Waals surface area (Å²) in [4.78, 5) is 31.0. The van der Waals surface area contributed by atoms with Crippen LogP contribution in [0, 0.1) is 0 Å². The summed E-state index contributed by atoms with van der Waals surface area (Å²) in [6.45, 7) is 5.93. The van der Waals surface area contributed by atoms with Crippen LogP contribution in [0.15, 0.2) is 18.3 Å². The fourth-order valence-electron chi connectivity index (χ4n) is 1.93. The lowest BCUT2D eigenvalue weighted by Crippen LogP contribution is -2.31. The zero-order valence-corrected chi connectivity index (χ0v) is 13.2. The molecule has 2 amide bonds. The van der Waals surface area contributed by atoms with Gasteiger partial charge in [-0.25, -0.2) is 0 Å². The van der Waals surface area contributed by atoms with Crippen LogP contribution in [-0.4, -0.2) is 60.3 Å². The van der Waals surface area contributed by atoms with Crippen LogP contribution in [0.1, 0.15) is 30.8 Å². The van der Waals surface area contributed by atoms with E-state index in [9.17, 15) is 9.59 Å². The number of anilines is 1. The van der Waals surface area contributed by atoms with Crippen LogP contribution in [-0.2, 0) is 4.79 Å². The van der Waals surface area contributed by atoms with Crippen molar-refractivity contribution in [1.82, 2.24) is 14.8 Å². The minimum atomic E-state index is -0.141. The summed E-state index contributed by atoms with van der Waals surface area (Å²) in [5.74, 6) is -0.0102. The van der Waals surface area contributed by atoms with E-state index >= 15 is 0 Å². The minimum Gasteiger partial charge on any atom is -0.384 e. The Morgan fingerprint density at radius 3 is 2.48 bits per heavy atom. The normalized spacial score (nSPS) is 10.1. The molecule has 0 atom stereocenters. The number of hydrogen-bond donors (Lipinski definition) is 1. The Balaban J connectivity index is 2.55. The number of amides is 2. The predicted molar refractivity (Wildman–Crippen MR) is 83.3 cm³/mol. The Morgan fingerprint density at radius 2 is 1.90 bits per heavy atom. The highest BCUT2D eigenvalue weighted by atomic mass is 16.2. The predicted octanol–water partition coefficient (Wildman–Crippen LogP) is 1.45. The largest absolute Gasteiger partial charge is 0.384 e.